The second-order valence-electron chi connectivity index (χ2n) is 10.1. The molecule has 1 fully saturated rings. The molecule has 9 nitrogen and oxygen atoms in total. The van der Waals surface area contributed by atoms with Crippen molar-refractivity contribution in [2.24, 2.45) is 10.9 Å². The van der Waals surface area contributed by atoms with E-state index in [1.807, 2.05) is 54.7 Å². The number of hydrogen-bond acceptors (Lipinski definition) is 6. The number of carbonyl (C=O) groups is 1. The smallest absolute Gasteiger partial charge is 0.411 e. The largest absolute Gasteiger partial charge is 0.618 e. The molecule has 1 amide bonds. The van der Waals surface area contributed by atoms with Crippen LogP contribution in [0.25, 0.3) is 22.4 Å². The summed E-state index contributed by atoms with van der Waals surface area (Å²) in [4.78, 5) is 16.3. The highest BCUT2D eigenvalue weighted by Crippen LogP contribution is 2.41. The molecule has 2 aliphatic rings. The van der Waals surface area contributed by atoms with Gasteiger partial charge in [0.15, 0.2) is 6.20 Å². The Labute approximate surface area is 236 Å². The summed E-state index contributed by atoms with van der Waals surface area (Å²) >= 11 is 6.33. The number of aromatic nitrogens is 4. The summed E-state index contributed by atoms with van der Waals surface area (Å²) in [5.41, 5.74) is 6.83. The van der Waals surface area contributed by atoms with E-state index in [1.165, 1.54) is 20.0 Å². The first-order valence-corrected chi connectivity index (χ1v) is 13.5. The molecule has 202 valence electrons. The van der Waals surface area contributed by atoms with Crippen molar-refractivity contribution < 1.29 is 14.3 Å². The summed E-state index contributed by atoms with van der Waals surface area (Å²) in [6.07, 6.45) is 10.1. The maximum absolute atomic E-state index is 13.5. The van der Waals surface area contributed by atoms with Gasteiger partial charge < -0.3 is 9.94 Å². The van der Waals surface area contributed by atoms with E-state index < -0.39 is 6.09 Å². The van der Waals surface area contributed by atoms with E-state index in [0.717, 1.165) is 44.8 Å². The van der Waals surface area contributed by atoms with Crippen molar-refractivity contribution in [3.8, 4) is 16.8 Å². The molecule has 1 aliphatic carbocycles. The quantitative estimate of drug-likeness (QED) is 0.207. The Hall–Kier alpha value is -4.50. The van der Waals surface area contributed by atoms with Crippen LogP contribution in [0.5, 0.6) is 0 Å². The lowest BCUT2D eigenvalue weighted by atomic mass is 9.88. The maximum Gasteiger partial charge on any atom is 0.411 e. The van der Waals surface area contributed by atoms with Gasteiger partial charge in [-0.25, -0.2) is 4.79 Å². The van der Waals surface area contributed by atoms with E-state index in [1.54, 1.807) is 29.5 Å². The minimum absolute atomic E-state index is 0.0789. The molecule has 0 radical (unpaired) electrons. The van der Waals surface area contributed by atoms with Crippen LogP contribution in [0.3, 0.4) is 0 Å². The van der Waals surface area contributed by atoms with E-state index in [2.05, 4.69) is 20.3 Å². The van der Waals surface area contributed by atoms with Crippen molar-refractivity contribution in [2.45, 2.75) is 31.6 Å². The summed E-state index contributed by atoms with van der Waals surface area (Å²) in [7, 11) is 1.33. The fourth-order valence-corrected chi connectivity index (χ4v) is 5.27. The zero-order valence-electron chi connectivity index (χ0n) is 21.8. The van der Waals surface area contributed by atoms with Gasteiger partial charge in [-0.15, -0.1) is 10.2 Å². The average molecular weight is 555 g/mol. The van der Waals surface area contributed by atoms with Crippen LogP contribution in [0.4, 0.5) is 10.5 Å². The fourth-order valence-electron chi connectivity index (χ4n) is 5.10. The van der Waals surface area contributed by atoms with E-state index in [0.29, 0.717) is 28.7 Å². The fraction of sp³-hybridized carbons (Fsp3) is 0.233. The Morgan fingerprint density at radius 1 is 1.12 bits per heavy atom. The number of methoxy groups -OCH3 is 1. The zero-order chi connectivity index (χ0) is 27.6. The molecule has 6 rings (SSSR count). The van der Waals surface area contributed by atoms with E-state index >= 15 is 0 Å². The van der Waals surface area contributed by atoms with Crippen LogP contribution in [-0.4, -0.2) is 33.7 Å². The number of pyridine rings is 1. The number of rotatable bonds is 8. The van der Waals surface area contributed by atoms with Gasteiger partial charge in [0, 0.05) is 46.2 Å². The number of anilines is 1. The normalized spacial score (nSPS) is 15.3. The molecule has 0 saturated heterocycles. The minimum atomic E-state index is -0.511. The summed E-state index contributed by atoms with van der Waals surface area (Å²) in [6, 6.07) is 17.0. The van der Waals surface area contributed by atoms with Gasteiger partial charge in [-0.3, -0.25) is 14.9 Å². The van der Waals surface area contributed by atoms with Crippen molar-refractivity contribution in [3.05, 3.63) is 101 Å². The predicted molar refractivity (Wildman–Crippen MR) is 153 cm³/mol. The lowest BCUT2D eigenvalue weighted by molar-refractivity contribution is -0.614. The molecule has 1 N–H and O–H groups in total. The van der Waals surface area contributed by atoms with Crippen LogP contribution >= 0.6 is 11.6 Å². The van der Waals surface area contributed by atoms with E-state index in [9.17, 15) is 10.0 Å². The minimum Gasteiger partial charge on any atom is -0.618 e. The van der Waals surface area contributed by atoms with Crippen molar-refractivity contribution >= 4 is 34.7 Å². The second-order valence-corrected chi connectivity index (χ2v) is 10.5. The van der Waals surface area contributed by atoms with Gasteiger partial charge >= 0.3 is 6.09 Å². The predicted octanol–water partition coefficient (Wildman–Crippen LogP) is 6.17. The van der Waals surface area contributed by atoms with E-state index in [-0.39, 0.29) is 5.92 Å². The van der Waals surface area contributed by atoms with Crippen LogP contribution in [-0.2, 0) is 4.74 Å². The van der Waals surface area contributed by atoms with Crippen LogP contribution in [0.1, 0.15) is 42.9 Å². The first-order valence-electron chi connectivity index (χ1n) is 13.1. The number of benzene rings is 2. The summed E-state index contributed by atoms with van der Waals surface area (Å²) in [5.74, 6) is 0.526. The number of allylic oxidation sites excluding steroid dienone is 1. The summed E-state index contributed by atoms with van der Waals surface area (Å²) < 4.78 is 7.43. The SMILES string of the molecule is COC(=O)Nc1ccc(C2=CN=C(C(CC3CC3)c3ccc(-c4cc(Cl)ccc4-n4cnnc4)c[n+]3[O-])C2)cc1. The number of nitrogens with zero attached hydrogens (tertiary/aromatic N) is 5. The monoisotopic (exact) mass is 554 g/mol. The molecule has 1 atom stereocenters. The van der Waals surface area contributed by atoms with Gasteiger partial charge in [0.05, 0.1) is 18.7 Å². The highest BCUT2D eigenvalue weighted by atomic mass is 35.5. The number of hydrogen-bond donors (Lipinski definition) is 1. The molecule has 0 spiro atoms. The lowest BCUT2D eigenvalue weighted by Gasteiger charge is -2.18. The third-order valence-electron chi connectivity index (χ3n) is 7.38. The Morgan fingerprint density at radius 2 is 1.88 bits per heavy atom. The Balaban J connectivity index is 1.25. The molecule has 0 bridgehead atoms. The highest BCUT2D eigenvalue weighted by Gasteiger charge is 2.34. The van der Waals surface area contributed by atoms with E-state index in [4.69, 9.17) is 16.6 Å². The Bertz CT molecular complexity index is 1610. The standard InChI is InChI=1S/C30H27ClN6O3/c1-40-30(38)35-24-8-4-20(5-9-24)22-13-27(32-15-22)26(12-19-2-3-19)29-10-6-21(16-37(29)39)25-14-23(31)7-11-28(25)36-17-33-34-18-36/h4-11,14-19,26H,2-3,12-13H2,1H3,(H,35,38). The molecule has 1 unspecified atom stereocenters. The van der Waals surface area contributed by atoms with Gasteiger partial charge in [-0.05, 0) is 59.9 Å². The molecule has 2 aromatic carbocycles. The van der Waals surface area contributed by atoms with Crippen LogP contribution in [0, 0.1) is 11.1 Å². The molecule has 40 heavy (non-hydrogen) atoms. The Kier molecular flexibility index (Phi) is 7.04. The Morgan fingerprint density at radius 3 is 2.58 bits per heavy atom. The second kappa shape index (κ2) is 10.9. The molecule has 4 aromatic rings. The number of amides is 1. The molecule has 1 saturated carbocycles. The third-order valence-corrected chi connectivity index (χ3v) is 7.62. The topological polar surface area (TPSA) is 108 Å². The van der Waals surface area contributed by atoms with Crippen molar-refractivity contribution in [3.63, 3.8) is 0 Å². The highest BCUT2D eigenvalue weighted by molar-refractivity contribution is 6.31. The van der Waals surface area contributed by atoms with Gasteiger partial charge in [-0.1, -0.05) is 36.6 Å². The maximum atomic E-state index is 13.5. The summed E-state index contributed by atoms with van der Waals surface area (Å²) in [5, 5.41) is 24.6. The molecular formula is C30H27ClN6O3. The number of ether oxygens (including phenoxy) is 1. The van der Waals surface area contributed by atoms with Crippen molar-refractivity contribution in [1.29, 1.82) is 0 Å². The molecular weight excluding hydrogens is 528 g/mol. The molecule has 10 heteroatoms. The van der Waals surface area contributed by atoms with Crippen LogP contribution < -0.4 is 10.0 Å². The van der Waals surface area contributed by atoms with Crippen molar-refractivity contribution in [2.75, 3.05) is 12.4 Å². The number of nitrogens with one attached hydrogen (secondary N) is 1. The van der Waals surface area contributed by atoms with Gasteiger partial charge in [0.2, 0.25) is 5.69 Å². The third kappa shape index (κ3) is 5.46. The lowest BCUT2D eigenvalue weighted by Crippen LogP contribution is -2.35. The van der Waals surface area contributed by atoms with Crippen molar-refractivity contribution in [1.82, 2.24) is 14.8 Å². The summed E-state index contributed by atoms with van der Waals surface area (Å²) in [6.45, 7) is 0. The van der Waals surface area contributed by atoms with Gasteiger partial charge in [0.1, 0.15) is 12.7 Å². The number of aliphatic imine (C=N–C) groups is 1. The first kappa shape index (κ1) is 25.8. The van der Waals surface area contributed by atoms with Gasteiger partial charge in [0.25, 0.3) is 0 Å². The number of halogens is 1. The molecule has 1 aliphatic heterocycles. The molecule has 2 aromatic heterocycles. The molecule has 3 heterocycles. The zero-order valence-corrected chi connectivity index (χ0v) is 22.6. The first-order chi connectivity index (χ1) is 19.5. The van der Waals surface area contributed by atoms with Crippen LogP contribution in [0.2, 0.25) is 5.02 Å². The average Bonchev–Trinajstić information content (AvgIpc) is 3.39. The van der Waals surface area contributed by atoms with Gasteiger partial charge in [-0.2, -0.15) is 4.73 Å². The van der Waals surface area contributed by atoms with Crippen LogP contribution in [0.15, 0.2) is 84.6 Å². The number of carbonyl (C=O) groups excluding carboxylic acids is 1.